The van der Waals surface area contributed by atoms with Crippen molar-refractivity contribution in [3.8, 4) is 0 Å². The van der Waals surface area contributed by atoms with Gasteiger partial charge >= 0.3 is 6.18 Å². The van der Waals surface area contributed by atoms with Crippen molar-refractivity contribution >= 4 is 40.1 Å². The second kappa shape index (κ2) is 8.42. The van der Waals surface area contributed by atoms with E-state index in [2.05, 4.69) is 4.99 Å². The molecule has 152 valence electrons. The van der Waals surface area contributed by atoms with E-state index in [1.165, 1.54) is 23.1 Å². The molecule has 2 aromatic carbocycles. The van der Waals surface area contributed by atoms with E-state index in [1.54, 1.807) is 6.07 Å². The number of amidine groups is 1. The van der Waals surface area contributed by atoms with Gasteiger partial charge in [0.2, 0.25) is 0 Å². The number of alkyl halides is 3. The highest BCUT2D eigenvalue weighted by Crippen LogP contribution is 2.31. The highest BCUT2D eigenvalue weighted by molar-refractivity contribution is 8.13. The monoisotopic (exact) mass is 443 g/mol. The van der Waals surface area contributed by atoms with Crippen LogP contribution in [0.5, 0.6) is 0 Å². The van der Waals surface area contributed by atoms with Gasteiger partial charge in [0, 0.05) is 24.4 Å². The van der Waals surface area contributed by atoms with Crippen molar-refractivity contribution in [1.82, 2.24) is 4.90 Å². The predicted molar refractivity (Wildman–Crippen MR) is 104 cm³/mol. The number of aliphatic imine (C=N–C) groups is 1. The van der Waals surface area contributed by atoms with Crippen LogP contribution in [0.25, 0.3) is 0 Å². The van der Waals surface area contributed by atoms with E-state index in [9.17, 15) is 28.1 Å². The van der Waals surface area contributed by atoms with Crippen molar-refractivity contribution < 1.29 is 22.9 Å². The van der Waals surface area contributed by atoms with Crippen molar-refractivity contribution in [3.63, 3.8) is 0 Å². The lowest BCUT2D eigenvalue weighted by Crippen LogP contribution is -2.33. The van der Waals surface area contributed by atoms with Gasteiger partial charge in [0.1, 0.15) is 0 Å². The third-order valence-electron chi connectivity index (χ3n) is 4.06. The molecule has 0 bridgehead atoms. The first-order valence-electron chi connectivity index (χ1n) is 8.26. The normalized spacial score (nSPS) is 14.1. The first-order chi connectivity index (χ1) is 13.7. The number of non-ortho nitro benzene ring substituents is 1. The Balaban J connectivity index is 1.75. The van der Waals surface area contributed by atoms with E-state index < -0.39 is 22.6 Å². The van der Waals surface area contributed by atoms with Crippen LogP contribution in [-0.4, -0.2) is 34.0 Å². The van der Waals surface area contributed by atoms with Crippen LogP contribution >= 0.6 is 23.4 Å². The number of carbonyl (C=O) groups is 1. The van der Waals surface area contributed by atoms with Gasteiger partial charge < -0.3 is 0 Å². The number of carbonyl (C=O) groups excluding carboxylic acids is 1. The number of halogens is 4. The fourth-order valence-corrected chi connectivity index (χ4v) is 3.85. The van der Waals surface area contributed by atoms with Crippen molar-refractivity contribution in [1.29, 1.82) is 0 Å². The van der Waals surface area contributed by atoms with Crippen LogP contribution in [0, 0.1) is 10.1 Å². The molecule has 0 saturated heterocycles. The second-order valence-electron chi connectivity index (χ2n) is 6.03. The fraction of sp³-hybridized carbons (Fsp3) is 0.222. The molecule has 1 heterocycles. The van der Waals surface area contributed by atoms with Gasteiger partial charge in [-0.2, -0.15) is 13.2 Å². The highest BCUT2D eigenvalue weighted by atomic mass is 35.5. The van der Waals surface area contributed by atoms with Crippen LogP contribution in [0.4, 0.5) is 18.9 Å². The Bertz CT molecular complexity index is 998. The summed E-state index contributed by atoms with van der Waals surface area (Å²) < 4.78 is 38.5. The van der Waals surface area contributed by atoms with Crippen LogP contribution in [0.3, 0.4) is 0 Å². The van der Waals surface area contributed by atoms with Crippen LogP contribution < -0.4 is 0 Å². The summed E-state index contributed by atoms with van der Waals surface area (Å²) >= 11 is 7.15. The zero-order valence-electron chi connectivity index (χ0n) is 14.6. The van der Waals surface area contributed by atoms with E-state index in [4.69, 9.17) is 11.6 Å². The Hall–Kier alpha value is -2.59. The first-order valence-corrected chi connectivity index (χ1v) is 9.62. The maximum atomic E-state index is 12.8. The number of nitrogens with zero attached hydrogens (tertiary/aromatic N) is 3. The number of rotatable bonds is 4. The lowest BCUT2D eigenvalue weighted by atomic mass is 10.1. The molecule has 0 spiro atoms. The Kier molecular flexibility index (Phi) is 6.13. The maximum Gasteiger partial charge on any atom is 0.416 e. The molecule has 1 amide bonds. The summed E-state index contributed by atoms with van der Waals surface area (Å²) in [5.41, 5.74) is -0.623. The van der Waals surface area contributed by atoms with Crippen LogP contribution in [0.1, 0.15) is 21.5 Å². The Morgan fingerprint density at radius 3 is 2.72 bits per heavy atom. The van der Waals surface area contributed by atoms with Crippen LogP contribution in [-0.2, 0) is 11.9 Å². The molecule has 0 atom stereocenters. The number of amides is 1. The lowest BCUT2D eigenvalue weighted by Gasteiger charge is -2.18. The summed E-state index contributed by atoms with van der Waals surface area (Å²) in [6.45, 7) is 0.575. The van der Waals surface area contributed by atoms with Crippen molar-refractivity contribution in [2.45, 2.75) is 11.9 Å². The minimum Gasteiger partial charge on any atom is -0.286 e. The van der Waals surface area contributed by atoms with E-state index in [0.717, 1.165) is 30.0 Å². The molecule has 1 aliphatic heterocycles. The minimum atomic E-state index is -4.44. The Morgan fingerprint density at radius 1 is 1.28 bits per heavy atom. The molecule has 0 aromatic heterocycles. The standard InChI is InChI=1S/C18H13ClF3N3O3S/c19-15-5-4-13(25(27)28)9-14(15)16(26)24-7-6-23-17(24)29-10-11-2-1-3-12(8-11)18(20,21)22/h1-5,8-9H,6-7,10H2. The topological polar surface area (TPSA) is 75.8 Å². The fourth-order valence-electron chi connectivity index (χ4n) is 2.66. The molecular formula is C18H13ClF3N3O3S. The SMILES string of the molecule is O=C(c1cc([N+](=O)[O-])ccc1Cl)N1CCN=C1SCc1cccc(C(F)(F)F)c1. The molecule has 0 unspecified atom stereocenters. The zero-order chi connectivity index (χ0) is 21.2. The quantitative estimate of drug-likeness (QED) is 0.491. The molecule has 29 heavy (non-hydrogen) atoms. The van der Waals surface area contributed by atoms with Gasteiger partial charge in [-0.05, 0) is 17.7 Å². The molecule has 0 fully saturated rings. The Labute approximate surface area is 172 Å². The first kappa shape index (κ1) is 21.1. The molecule has 6 nitrogen and oxygen atoms in total. The van der Waals surface area contributed by atoms with Gasteiger partial charge in [0.15, 0.2) is 5.17 Å². The minimum absolute atomic E-state index is 0.0323. The average Bonchev–Trinajstić information content (AvgIpc) is 3.14. The summed E-state index contributed by atoms with van der Waals surface area (Å²) in [6, 6.07) is 8.48. The number of benzene rings is 2. The van der Waals surface area contributed by atoms with Gasteiger partial charge in [-0.1, -0.05) is 41.6 Å². The van der Waals surface area contributed by atoms with Crippen molar-refractivity contribution in [3.05, 3.63) is 74.3 Å². The van der Waals surface area contributed by atoms with Gasteiger partial charge in [-0.25, -0.2) is 0 Å². The third-order valence-corrected chi connectivity index (χ3v) is 5.48. The van der Waals surface area contributed by atoms with Gasteiger partial charge in [-0.3, -0.25) is 24.8 Å². The number of hydrogen-bond acceptors (Lipinski definition) is 5. The Morgan fingerprint density at radius 2 is 2.03 bits per heavy atom. The van der Waals surface area contributed by atoms with Gasteiger partial charge in [0.05, 0.1) is 27.6 Å². The van der Waals surface area contributed by atoms with E-state index >= 15 is 0 Å². The van der Waals surface area contributed by atoms with Crippen molar-refractivity contribution in [2.75, 3.05) is 13.1 Å². The highest BCUT2D eigenvalue weighted by Gasteiger charge is 2.31. The van der Waals surface area contributed by atoms with E-state index in [0.29, 0.717) is 17.3 Å². The van der Waals surface area contributed by atoms with Crippen molar-refractivity contribution in [2.24, 2.45) is 4.99 Å². The molecule has 3 rings (SSSR count). The largest absolute Gasteiger partial charge is 0.416 e. The molecule has 2 aromatic rings. The maximum absolute atomic E-state index is 12.8. The molecule has 0 aliphatic carbocycles. The summed E-state index contributed by atoms with van der Waals surface area (Å²) in [5, 5.41) is 11.4. The molecule has 0 radical (unpaired) electrons. The lowest BCUT2D eigenvalue weighted by molar-refractivity contribution is -0.384. The molecule has 1 aliphatic rings. The summed E-state index contributed by atoms with van der Waals surface area (Å²) in [5.74, 6) is -0.374. The third kappa shape index (κ3) is 4.88. The number of nitro groups is 1. The molecule has 0 saturated carbocycles. The van der Waals surface area contributed by atoms with Gasteiger partial charge in [-0.15, -0.1) is 0 Å². The summed E-state index contributed by atoms with van der Waals surface area (Å²) in [6.07, 6.45) is -4.44. The average molecular weight is 444 g/mol. The van der Waals surface area contributed by atoms with Gasteiger partial charge in [0.25, 0.3) is 11.6 Å². The number of thioether (sulfide) groups is 1. The smallest absolute Gasteiger partial charge is 0.286 e. The summed E-state index contributed by atoms with van der Waals surface area (Å²) in [7, 11) is 0. The van der Waals surface area contributed by atoms with E-state index in [-0.39, 0.29) is 28.6 Å². The molecular weight excluding hydrogens is 431 g/mol. The zero-order valence-corrected chi connectivity index (χ0v) is 16.2. The van der Waals surface area contributed by atoms with Crippen LogP contribution in [0.15, 0.2) is 47.5 Å². The predicted octanol–water partition coefficient (Wildman–Crippen LogP) is 5.01. The second-order valence-corrected chi connectivity index (χ2v) is 7.38. The number of hydrogen-bond donors (Lipinski definition) is 0. The summed E-state index contributed by atoms with van der Waals surface area (Å²) in [4.78, 5) is 28.7. The molecule has 0 N–H and O–H groups in total. The molecule has 11 heteroatoms. The number of nitro benzene ring substituents is 1. The van der Waals surface area contributed by atoms with E-state index in [1.807, 2.05) is 0 Å². The van der Waals surface area contributed by atoms with Crippen LogP contribution in [0.2, 0.25) is 5.02 Å².